The minimum Gasteiger partial charge on any atom is -0.353 e. The molecule has 3 nitrogen and oxygen atoms in total. The van der Waals surface area contributed by atoms with Gasteiger partial charge in [0.15, 0.2) is 12.1 Å². The van der Waals surface area contributed by atoms with Gasteiger partial charge in [-0.3, -0.25) is 4.79 Å². The first kappa shape index (κ1) is 20.9. The smallest absolute Gasteiger partial charge is 0.158 e. The molecule has 0 aliphatic carbocycles. The van der Waals surface area contributed by atoms with Gasteiger partial charge in [-0.1, -0.05) is 29.4 Å². The first-order chi connectivity index (χ1) is 11.5. The van der Waals surface area contributed by atoms with Crippen molar-refractivity contribution in [3.8, 4) is 0 Å². The van der Waals surface area contributed by atoms with E-state index in [-0.39, 0.29) is 12.1 Å². The van der Waals surface area contributed by atoms with Gasteiger partial charge in [0.1, 0.15) is 0 Å². The number of rotatable bonds is 10. The van der Waals surface area contributed by atoms with Gasteiger partial charge in [-0.15, -0.1) is 0 Å². The van der Waals surface area contributed by atoms with E-state index in [9.17, 15) is 4.79 Å². The molecular formula is C21H34O3. The number of carbonyl (C=O) groups is 1. The Labute approximate surface area is 147 Å². The number of hydrogen-bond donors (Lipinski definition) is 0. The molecule has 1 fully saturated rings. The zero-order valence-electron chi connectivity index (χ0n) is 15.9. The molecule has 0 amide bonds. The van der Waals surface area contributed by atoms with Gasteiger partial charge in [0, 0.05) is 13.0 Å². The zero-order valence-corrected chi connectivity index (χ0v) is 15.9. The average molecular weight is 335 g/mol. The molecule has 1 unspecified atom stereocenters. The Bertz CT molecular complexity index is 465. The van der Waals surface area contributed by atoms with Crippen LogP contribution in [-0.4, -0.2) is 25.3 Å². The summed E-state index contributed by atoms with van der Waals surface area (Å²) < 4.78 is 11.3. The van der Waals surface area contributed by atoms with Gasteiger partial charge in [0.25, 0.3) is 0 Å². The van der Waals surface area contributed by atoms with Crippen LogP contribution in [0.25, 0.3) is 0 Å². The van der Waals surface area contributed by atoms with Gasteiger partial charge in [-0.05, 0) is 71.8 Å². The molecule has 1 saturated heterocycles. The van der Waals surface area contributed by atoms with Crippen molar-refractivity contribution in [2.75, 3.05) is 13.2 Å². The van der Waals surface area contributed by atoms with E-state index < -0.39 is 0 Å². The molecule has 0 saturated carbocycles. The minimum atomic E-state index is -0.0110. The molecule has 0 aromatic rings. The Balaban J connectivity index is 2.19. The fourth-order valence-electron chi connectivity index (χ4n) is 2.56. The fraction of sp³-hybridized carbons (Fsp3) is 0.667. The third-order valence-electron chi connectivity index (χ3n) is 4.50. The highest BCUT2D eigenvalue weighted by molar-refractivity contribution is 5.94. The number of ketones is 1. The van der Waals surface area contributed by atoms with Crippen LogP contribution in [0.5, 0.6) is 0 Å². The second kappa shape index (κ2) is 12.2. The van der Waals surface area contributed by atoms with Gasteiger partial charge in [0.2, 0.25) is 0 Å². The van der Waals surface area contributed by atoms with Crippen LogP contribution in [0.3, 0.4) is 0 Å². The van der Waals surface area contributed by atoms with Crippen molar-refractivity contribution in [3.63, 3.8) is 0 Å². The summed E-state index contributed by atoms with van der Waals surface area (Å²) in [4.78, 5) is 11.8. The number of allylic oxidation sites excluding steroid dienone is 5. The van der Waals surface area contributed by atoms with E-state index in [1.807, 2.05) is 19.9 Å². The molecule has 24 heavy (non-hydrogen) atoms. The van der Waals surface area contributed by atoms with Crippen LogP contribution in [-0.2, 0) is 14.3 Å². The Hall–Kier alpha value is -1.19. The molecule has 0 aromatic carbocycles. The lowest BCUT2D eigenvalue weighted by molar-refractivity contribution is -0.155. The van der Waals surface area contributed by atoms with E-state index in [0.717, 1.165) is 44.3 Å². The molecule has 3 heteroatoms. The molecule has 1 heterocycles. The number of Topliss-reactive ketones (excluding diaryl/α,β-unsaturated/α-hetero) is 1. The highest BCUT2D eigenvalue weighted by Gasteiger charge is 2.12. The lowest BCUT2D eigenvalue weighted by Gasteiger charge is -2.22. The summed E-state index contributed by atoms with van der Waals surface area (Å²) >= 11 is 0. The summed E-state index contributed by atoms with van der Waals surface area (Å²) in [5.74, 6) is 0.253. The molecule has 0 bridgehead atoms. The summed E-state index contributed by atoms with van der Waals surface area (Å²) in [5, 5.41) is 0. The fourth-order valence-corrected chi connectivity index (χ4v) is 2.56. The largest absolute Gasteiger partial charge is 0.353 e. The molecule has 1 rings (SSSR count). The van der Waals surface area contributed by atoms with Gasteiger partial charge < -0.3 is 9.47 Å². The second-order valence-electron chi connectivity index (χ2n) is 6.66. The maximum Gasteiger partial charge on any atom is 0.158 e. The van der Waals surface area contributed by atoms with Crippen LogP contribution < -0.4 is 0 Å². The van der Waals surface area contributed by atoms with Crippen molar-refractivity contribution >= 4 is 5.78 Å². The van der Waals surface area contributed by atoms with Crippen LogP contribution in [0.15, 0.2) is 34.9 Å². The Morgan fingerprint density at radius 2 is 1.83 bits per heavy atom. The van der Waals surface area contributed by atoms with Gasteiger partial charge in [0.05, 0.1) is 6.61 Å². The van der Waals surface area contributed by atoms with Gasteiger partial charge in [-0.2, -0.15) is 0 Å². The van der Waals surface area contributed by atoms with E-state index in [2.05, 4.69) is 26.0 Å². The Morgan fingerprint density at radius 1 is 1.08 bits per heavy atom. The van der Waals surface area contributed by atoms with Gasteiger partial charge >= 0.3 is 0 Å². The Morgan fingerprint density at radius 3 is 2.50 bits per heavy atom. The van der Waals surface area contributed by atoms with E-state index in [0.29, 0.717) is 13.0 Å². The third-order valence-corrected chi connectivity index (χ3v) is 4.50. The predicted octanol–water partition coefficient (Wildman–Crippen LogP) is 5.52. The van der Waals surface area contributed by atoms with Crippen molar-refractivity contribution in [2.24, 2.45) is 0 Å². The van der Waals surface area contributed by atoms with Crippen molar-refractivity contribution < 1.29 is 14.3 Å². The summed E-state index contributed by atoms with van der Waals surface area (Å²) in [6, 6.07) is 0. The molecule has 1 aliphatic heterocycles. The van der Waals surface area contributed by atoms with Crippen LogP contribution in [0.2, 0.25) is 0 Å². The highest BCUT2D eigenvalue weighted by Crippen LogP contribution is 2.15. The number of carbonyl (C=O) groups excluding carboxylic acids is 1. The topological polar surface area (TPSA) is 35.5 Å². The summed E-state index contributed by atoms with van der Waals surface area (Å²) in [6.45, 7) is 9.52. The van der Waals surface area contributed by atoms with Crippen LogP contribution in [0.4, 0.5) is 0 Å². The summed E-state index contributed by atoms with van der Waals surface area (Å²) in [7, 11) is 0. The van der Waals surface area contributed by atoms with Crippen molar-refractivity contribution in [1.29, 1.82) is 0 Å². The molecule has 0 N–H and O–H groups in total. The molecule has 0 spiro atoms. The van der Waals surface area contributed by atoms with Crippen molar-refractivity contribution in [3.05, 3.63) is 34.9 Å². The van der Waals surface area contributed by atoms with E-state index >= 15 is 0 Å². The van der Waals surface area contributed by atoms with E-state index in [4.69, 9.17) is 9.47 Å². The summed E-state index contributed by atoms with van der Waals surface area (Å²) in [6.07, 6.45) is 13.2. The monoisotopic (exact) mass is 334 g/mol. The predicted molar refractivity (Wildman–Crippen MR) is 100.0 cm³/mol. The maximum absolute atomic E-state index is 11.8. The van der Waals surface area contributed by atoms with E-state index in [1.165, 1.54) is 17.6 Å². The number of ether oxygens (including phenoxy) is 2. The standard InChI is InChI=1S/C21H34O3/c1-5-19(4)20(22)13-12-17(2)9-8-10-18(3)14-16-24-21-11-6-7-15-23-21/h5,9,14,21H,6-8,10-13,15-16H2,1-4H3. The molecule has 0 aromatic heterocycles. The van der Waals surface area contributed by atoms with Crippen molar-refractivity contribution in [2.45, 2.75) is 78.9 Å². The molecule has 1 aliphatic rings. The van der Waals surface area contributed by atoms with E-state index in [1.54, 1.807) is 0 Å². The maximum atomic E-state index is 11.8. The Kier molecular flexibility index (Phi) is 10.6. The van der Waals surface area contributed by atoms with Crippen molar-refractivity contribution in [1.82, 2.24) is 0 Å². The van der Waals surface area contributed by atoms with Gasteiger partial charge in [-0.25, -0.2) is 0 Å². The SMILES string of the molecule is CC=C(C)C(=O)CCC(C)=CCCC(C)=CCOC1CCCCO1. The molecular weight excluding hydrogens is 300 g/mol. The molecule has 0 radical (unpaired) electrons. The highest BCUT2D eigenvalue weighted by atomic mass is 16.7. The third kappa shape index (κ3) is 9.19. The average Bonchev–Trinajstić information content (AvgIpc) is 2.59. The number of hydrogen-bond acceptors (Lipinski definition) is 3. The lowest BCUT2D eigenvalue weighted by atomic mass is 10.0. The summed E-state index contributed by atoms with van der Waals surface area (Å²) in [5.41, 5.74) is 3.51. The first-order valence-corrected chi connectivity index (χ1v) is 9.23. The second-order valence-corrected chi connectivity index (χ2v) is 6.66. The lowest BCUT2D eigenvalue weighted by Crippen LogP contribution is -2.22. The molecule has 1 atom stereocenters. The van der Waals surface area contributed by atoms with Crippen LogP contribution in [0.1, 0.15) is 72.6 Å². The normalized spacial score (nSPS) is 20.3. The molecule has 136 valence electrons. The first-order valence-electron chi connectivity index (χ1n) is 9.23. The van der Waals surface area contributed by atoms with Crippen LogP contribution >= 0.6 is 0 Å². The zero-order chi connectivity index (χ0) is 17.8. The van der Waals surface area contributed by atoms with Crippen LogP contribution in [0, 0.1) is 0 Å². The minimum absolute atomic E-state index is 0.0110. The quantitative estimate of drug-likeness (QED) is 0.390.